The Hall–Kier alpha value is -1.22. The number of benzene rings is 1. The van der Waals surface area contributed by atoms with Gasteiger partial charge in [0.2, 0.25) is 0 Å². The molecular formula is C15H24N2O. The second-order valence-corrected chi connectivity index (χ2v) is 5.78. The average molecular weight is 248 g/mol. The van der Waals surface area contributed by atoms with Crippen LogP contribution in [0.5, 0.6) is 0 Å². The Balaban J connectivity index is 1.97. The minimum atomic E-state index is -0.552. The fourth-order valence-corrected chi connectivity index (χ4v) is 2.58. The number of anilines is 2. The zero-order chi connectivity index (χ0) is 13.2. The standard InChI is InChI=1S/C15H24N2O/c1-11-6-8-15(18,9-7-11)10-17-14-5-3-4-13(16)12(14)2/h3-5,11,17-18H,6-10,16H2,1-2H3. The molecule has 1 aromatic carbocycles. The third kappa shape index (κ3) is 2.96. The molecule has 4 N–H and O–H groups in total. The highest BCUT2D eigenvalue weighted by molar-refractivity contribution is 5.62. The van der Waals surface area contributed by atoms with Gasteiger partial charge in [0.05, 0.1) is 5.60 Å². The fraction of sp³-hybridized carbons (Fsp3) is 0.600. The predicted molar refractivity (Wildman–Crippen MR) is 76.7 cm³/mol. The molecular weight excluding hydrogens is 224 g/mol. The van der Waals surface area contributed by atoms with Gasteiger partial charge in [0.25, 0.3) is 0 Å². The molecule has 0 unspecified atom stereocenters. The van der Waals surface area contributed by atoms with Crippen molar-refractivity contribution in [1.29, 1.82) is 0 Å². The molecule has 0 amide bonds. The maximum absolute atomic E-state index is 10.5. The van der Waals surface area contributed by atoms with Crippen molar-refractivity contribution in [3.8, 4) is 0 Å². The number of rotatable bonds is 3. The van der Waals surface area contributed by atoms with Crippen LogP contribution in [0.2, 0.25) is 0 Å². The largest absolute Gasteiger partial charge is 0.398 e. The van der Waals surface area contributed by atoms with E-state index in [1.165, 1.54) is 0 Å². The number of aliphatic hydroxyl groups is 1. The predicted octanol–water partition coefficient (Wildman–Crippen LogP) is 2.93. The summed E-state index contributed by atoms with van der Waals surface area (Å²) in [5.41, 5.74) is 8.21. The summed E-state index contributed by atoms with van der Waals surface area (Å²) in [6.45, 7) is 4.88. The van der Waals surface area contributed by atoms with E-state index in [4.69, 9.17) is 5.73 Å². The van der Waals surface area contributed by atoms with Crippen LogP contribution in [0.3, 0.4) is 0 Å². The lowest BCUT2D eigenvalue weighted by atomic mass is 9.79. The van der Waals surface area contributed by atoms with Gasteiger partial charge in [-0.1, -0.05) is 13.0 Å². The van der Waals surface area contributed by atoms with Crippen molar-refractivity contribution in [2.75, 3.05) is 17.6 Å². The molecule has 0 saturated heterocycles. The van der Waals surface area contributed by atoms with E-state index < -0.39 is 5.60 Å². The molecule has 0 spiro atoms. The summed E-state index contributed by atoms with van der Waals surface area (Å²) in [5, 5.41) is 13.9. The van der Waals surface area contributed by atoms with Crippen molar-refractivity contribution in [2.45, 2.75) is 45.1 Å². The second kappa shape index (κ2) is 5.19. The van der Waals surface area contributed by atoms with E-state index in [1.54, 1.807) is 0 Å². The van der Waals surface area contributed by atoms with Crippen LogP contribution in [0.4, 0.5) is 11.4 Å². The van der Waals surface area contributed by atoms with E-state index >= 15 is 0 Å². The summed E-state index contributed by atoms with van der Waals surface area (Å²) in [6.07, 6.45) is 4.02. The van der Waals surface area contributed by atoms with E-state index in [9.17, 15) is 5.11 Å². The summed E-state index contributed by atoms with van der Waals surface area (Å²) in [7, 11) is 0. The minimum Gasteiger partial charge on any atom is -0.398 e. The highest BCUT2D eigenvalue weighted by atomic mass is 16.3. The average Bonchev–Trinajstić information content (AvgIpc) is 2.35. The van der Waals surface area contributed by atoms with E-state index in [2.05, 4.69) is 12.2 Å². The third-order valence-corrected chi connectivity index (χ3v) is 4.19. The molecule has 0 bridgehead atoms. The normalized spacial score (nSPS) is 28.1. The van der Waals surface area contributed by atoms with Gasteiger partial charge in [-0.2, -0.15) is 0 Å². The van der Waals surface area contributed by atoms with Gasteiger partial charge in [-0.3, -0.25) is 0 Å². The van der Waals surface area contributed by atoms with Gasteiger partial charge in [-0.15, -0.1) is 0 Å². The van der Waals surface area contributed by atoms with E-state index in [1.807, 2.05) is 25.1 Å². The van der Waals surface area contributed by atoms with Gasteiger partial charge in [0.15, 0.2) is 0 Å². The zero-order valence-electron chi connectivity index (χ0n) is 11.4. The first-order valence-electron chi connectivity index (χ1n) is 6.81. The topological polar surface area (TPSA) is 58.3 Å². The van der Waals surface area contributed by atoms with Crippen LogP contribution in [0.25, 0.3) is 0 Å². The second-order valence-electron chi connectivity index (χ2n) is 5.78. The SMILES string of the molecule is Cc1c(N)cccc1NCC1(O)CCC(C)CC1. The van der Waals surface area contributed by atoms with Crippen LogP contribution < -0.4 is 11.1 Å². The van der Waals surface area contributed by atoms with Crippen molar-refractivity contribution >= 4 is 11.4 Å². The first-order chi connectivity index (χ1) is 8.50. The number of nitrogen functional groups attached to an aromatic ring is 1. The van der Waals surface area contributed by atoms with Gasteiger partial charge in [0, 0.05) is 17.9 Å². The zero-order valence-corrected chi connectivity index (χ0v) is 11.4. The van der Waals surface area contributed by atoms with Crippen molar-refractivity contribution in [1.82, 2.24) is 0 Å². The maximum atomic E-state index is 10.5. The first kappa shape index (κ1) is 13.2. The lowest BCUT2D eigenvalue weighted by molar-refractivity contribution is 0.00501. The molecule has 0 aromatic heterocycles. The fourth-order valence-electron chi connectivity index (χ4n) is 2.58. The van der Waals surface area contributed by atoms with E-state index in [0.717, 1.165) is 48.5 Å². The molecule has 3 nitrogen and oxygen atoms in total. The Morgan fingerprint density at radius 1 is 1.39 bits per heavy atom. The summed E-state index contributed by atoms with van der Waals surface area (Å²) in [6, 6.07) is 5.86. The Morgan fingerprint density at radius 2 is 2.06 bits per heavy atom. The maximum Gasteiger partial charge on any atom is 0.0819 e. The van der Waals surface area contributed by atoms with Gasteiger partial charge in [-0.05, 0) is 56.2 Å². The third-order valence-electron chi connectivity index (χ3n) is 4.19. The van der Waals surface area contributed by atoms with Crippen molar-refractivity contribution in [2.24, 2.45) is 5.92 Å². The number of nitrogens with two attached hydrogens (primary N) is 1. The Morgan fingerprint density at radius 3 is 2.72 bits per heavy atom. The van der Waals surface area contributed by atoms with E-state index in [0.29, 0.717) is 6.54 Å². The number of nitrogens with one attached hydrogen (secondary N) is 1. The summed E-state index contributed by atoms with van der Waals surface area (Å²) >= 11 is 0. The van der Waals surface area contributed by atoms with Crippen molar-refractivity contribution < 1.29 is 5.11 Å². The van der Waals surface area contributed by atoms with Crippen molar-refractivity contribution in [3.05, 3.63) is 23.8 Å². The minimum absolute atomic E-state index is 0.552. The number of hydrogen-bond acceptors (Lipinski definition) is 3. The Labute approximate surface area is 109 Å². The van der Waals surface area contributed by atoms with Gasteiger partial charge in [0.1, 0.15) is 0 Å². The van der Waals surface area contributed by atoms with Gasteiger partial charge in [-0.25, -0.2) is 0 Å². The molecule has 2 rings (SSSR count). The molecule has 1 saturated carbocycles. The van der Waals surface area contributed by atoms with Crippen LogP contribution in [-0.2, 0) is 0 Å². The van der Waals surface area contributed by atoms with Crippen LogP contribution in [0.15, 0.2) is 18.2 Å². The van der Waals surface area contributed by atoms with Crippen LogP contribution >= 0.6 is 0 Å². The molecule has 0 aliphatic heterocycles. The molecule has 0 radical (unpaired) electrons. The van der Waals surface area contributed by atoms with Crippen molar-refractivity contribution in [3.63, 3.8) is 0 Å². The Bertz CT molecular complexity index is 409. The highest BCUT2D eigenvalue weighted by Crippen LogP contribution is 2.32. The van der Waals surface area contributed by atoms with Crippen LogP contribution in [-0.4, -0.2) is 17.3 Å². The highest BCUT2D eigenvalue weighted by Gasteiger charge is 2.31. The van der Waals surface area contributed by atoms with Crippen LogP contribution in [0, 0.1) is 12.8 Å². The lowest BCUT2D eigenvalue weighted by Crippen LogP contribution is -2.40. The summed E-state index contributed by atoms with van der Waals surface area (Å²) in [4.78, 5) is 0. The summed E-state index contributed by atoms with van der Waals surface area (Å²) in [5.74, 6) is 0.749. The van der Waals surface area contributed by atoms with E-state index in [-0.39, 0.29) is 0 Å². The smallest absolute Gasteiger partial charge is 0.0819 e. The lowest BCUT2D eigenvalue weighted by Gasteiger charge is -2.35. The molecule has 18 heavy (non-hydrogen) atoms. The van der Waals surface area contributed by atoms with Gasteiger partial charge >= 0.3 is 0 Å². The molecule has 100 valence electrons. The Kier molecular flexibility index (Phi) is 3.81. The molecule has 1 aromatic rings. The molecule has 0 heterocycles. The number of hydrogen-bond donors (Lipinski definition) is 3. The first-order valence-corrected chi connectivity index (χ1v) is 6.81. The summed E-state index contributed by atoms with van der Waals surface area (Å²) < 4.78 is 0. The molecule has 1 aliphatic carbocycles. The quantitative estimate of drug-likeness (QED) is 0.721. The van der Waals surface area contributed by atoms with Crippen LogP contribution in [0.1, 0.15) is 38.2 Å². The van der Waals surface area contributed by atoms with Gasteiger partial charge < -0.3 is 16.2 Å². The molecule has 0 atom stereocenters. The monoisotopic (exact) mass is 248 g/mol. The molecule has 3 heteroatoms. The molecule has 1 aliphatic rings. The molecule has 1 fully saturated rings.